The zero-order valence-electron chi connectivity index (χ0n) is 12.3. The summed E-state index contributed by atoms with van der Waals surface area (Å²) in [5.74, 6) is -1.38. The first-order valence-electron chi connectivity index (χ1n) is 6.48. The first-order valence-corrected chi connectivity index (χ1v) is 7.27. The van der Waals surface area contributed by atoms with Gasteiger partial charge in [-0.2, -0.15) is 0 Å². The molecule has 1 aromatic carbocycles. The maximum Gasteiger partial charge on any atom is 0.331 e. The molecule has 1 aromatic rings. The van der Waals surface area contributed by atoms with Crippen LogP contribution >= 0.6 is 15.9 Å². The minimum absolute atomic E-state index is 0.0836. The minimum atomic E-state index is -0.627. The summed E-state index contributed by atoms with van der Waals surface area (Å²) in [6.45, 7) is -0.494. The van der Waals surface area contributed by atoms with E-state index < -0.39 is 18.5 Å². The van der Waals surface area contributed by atoms with Gasteiger partial charge in [0.2, 0.25) is 5.91 Å². The van der Waals surface area contributed by atoms with Crippen molar-refractivity contribution in [2.45, 2.75) is 0 Å². The van der Waals surface area contributed by atoms with Gasteiger partial charge in [0, 0.05) is 24.6 Å². The fourth-order valence-corrected chi connectivity index (χ4v) is 1.86. The number of hydrogen-bond acceptors (Lipinski definition) is 4. The van der Waals surface area contributed by atoms with Crippen LogP contribution in [0, 0.1) is 0 Å². The molecule has 0 atom stereocenters. The smallest absolute Gasteiger partial charge is 0.331 e. The molecule has 6 nitrogen and oxygen atoms in total. The number of carbonyl (C=O) groups is 3. The molecule has 0 fully saturated rings. The van der Waals surface area contributed by atoms with Crippen LogP contribution in [-0.2, 0) is 19.1 Å². The first kappa shape index (κ1) is 17.9. The Hall–Kier alpha value is -2.15. The minimum Gasteiger partial charge on any atom is -0.452 e. The van der Waals surface area contributed by atoms with Crippen LogP contribution in [-0.4, -0.2) is 49.9 Å². The van der Waals surface area contributed by atoms with Gasteiger partial charge < -0.3 is 15.0 Å². The number of likely N-dealkylation sites (N-methyl/N-ethyl adjacent to an activating group) is 2. The summed E-state index contributed by atoms with van der Waals surface area (Å²) >= 11 is 3.36. The molecule has 0 unspecified atom stereocenters. The van der Waals surface area contributed by atoms with Gasteiger partial charge >= 0.3 is 5.97 Å². The summed E-state index contributed by atoms with van der Waals surface area (Å²) < 4.78 is 5.69. The van der Waals surface area contributed by atoms with Crippen molar-refractivity contribution < 1.29 is 19.1 Å². The van der Waals surface area contributed by atoms with Gasteiger partial charge in [0.05, 0.1) is 6.54 Å². The van der Waals surface area contributed by atoms with Crippen LogP contribution in [0.25, 0.3) is 6.08 Å². The SMILES string of the molecule is CNC(=O)CN(C)C(=O)COC(=O)/C=C/c1ccccc1Br. The Morgan fingerprint density at radius 2 is 2.00 bits per heavy atom. The Kier molecular flexibility index (Phi) is 7.31. The molecule has 0 aliphatic rings. The van der Waals surface area contributed by atoms with E-state index in [0.29, 0.717) is 0 Å². The number of benzene rings is 1. The monoisotopic (exact) mass is 368 g/mol. The third-order valence-corrected chi connectivity index (χ3v) is 3.45. The van der Waals surface area contributed by atoms with E-state index in [2.05, 4.69) is 21.2 Å². The molecule has 0 aromatic heterocycles. The third-order valence-electron chi connectivity index (χ3n) is 2.73. The number of ether oxygens (including phenoxy) is 1. The fourth-order valence-electron chi connectivity index (χ4n) is 1.44. The van der Waals surface area contributed by atoms with E-state index in [9.17, 15) is 14.4 Å². The summed E-state index contributed by atoms with van der Waals surface area (Å²) in [7, 11) is 2.94. The Morgan fingerprint density at radius 3 is 2.64 bits per heavy atom. The number of halogens is 1. The molecule has 0 spiro atoms. The maximum atomic E-state index is 11.7. The molecule has 118 valence electrons. The lowest BCUT2D eigenvalue weighted by atomic mass is 10.2. The van der Waals surface area contributed by atoms with Gasteiger partial charge in [0.25, 0.3) is 5.91 Å². The van der Waals surface area contributed by atoms with E-state index in [4.69, 9.17) is 4.74 Å². The highest BCUT2D eigenvalue weighted by molar-refractivity contribution is 9.10. The highest BCUT2D eigenvalue weighted by Crippen LogP contribution is 2.17. The first-order chi connectivity index (χ1) is 10.4. The highest BCUT2D eigenvalue weighted by Gasteiger charge is 2.13. The summed E-state index contributed by atoms with van der Waals surface area (Å²) in [6.07, 6.45) is 2.83. The molecule has 22 heavy (non-hydrogen) atoms. The number of nitrogens with one attached hydrogen (secondary N) is 1. The van der Waals surface area contributed by atoms with E-state index in [1.54, 1.807) is 6.08 Å². The number of hydrogen-bond donors (Lipinski definition) is 1. The number of carbonyl (C=O) groups excluding carboxylic acids is 3. The molecule has 2 amide bonds. The van der Waals surface area contributed by atoms with Gasteiger partial charge in [-0.15, -0.1) is 0 Å². The Labute approximate surface area is 137 Å². The van der Waals surface area contributed by atoms with Crippen LogP contribution in [0.4, 0.5) is 0 Å². The van der Waals surface area contributed by atoms with Gasteiger partial charge in [0.15, 0.2) is 6.61 Å². The van der Waals surface area contributed by atoms with Crippen molar-refractivity contribution in [2.75, 3.05) is 27.2 Å². The second-order valence-corrected chi connectivity index (χ2v) is 5.24. The second kappa shape index (κ2) is 8.99. The Balaban J connectivity index is 2.44. The summed E-state index contributed by atoms with van der Waals surface area (Å²) in [4.78, 5) is 35.5. The lowest BCUT2D eigenvalue weighted by molar-refractivity contribution is -0.148. The normalized spacial score (nSPS) is 10.3. The molecule has 0 bridgehead atoms. The third kappa shape index (κ3) is 6.09. The van der Waals surface area contributed by atoms with Gasteiger partial charge in [-0.25, -0.2) is 4.79 Å². The van der Waals surface area contributed by atoms with Crippen molar-refractivity contribution in [1.82, 2.24) is 10.2 Å². The van der Waals surface area contributed by atoms with E-state index in [1.807, 2.05) is 24.3 Å². The predicted octanol–water partition coefficient (Wildman–Crippen LogP) is 1.21. The van der Waals surface area contributed by atoms with Crippen molar-refractivity contribution in [2.24, 2.45) is 0 Å². The van der Waals surface area contributed by atoms with Crippen LogP contribution in [0.5, 0.6) is 0 Å². The van der Waals surface area contributed by atoms with Crippen LogP contribution in [0.2, 0.25) is 0 Å². The Morgan fingerprint density at radius 1 is 1.32 bits per heavy atom. The van der Waals surface area contributed by atoms with Crippen molar-refractivity contribution in [1.29, 1.82) is 0 Å². The molecule has 0 aliphatic carbocycles. The standard InChI is InChI=1S/C15H17BrN2O4/c1-17-13(19)9-18(2)14(20)10-22-15(21)8-7-11-5-3-4-6-12(11)16/h3-8H,9-10H2,1-2H3,(H,17,19)/b8-7+. The summed E-state index contributed by atoms with van der Waals surface area (Å²) in [6, 6.07) is 7.38. The number of rotatable bonds is 6. The second-order valence-electron chi connectivity index (χ2n) is 4.39. The largest absolute Gasteiger partial charge is 0.452 e. The lowest BCUT2D eigenvalue weighted by Crippen LogP contribution is -2.38. The van der Waals surface area contributed by atoms with Gasteiger partial charge in [0.1, 0.15) is 0 Å². The van der Waals surface area contributed by atoms with Crippen LogP contribution in [0.15, 0.2) is 34.8 Å². The van der Waals surface area contributed by atoms with E-state index in [1.165, 1.54) is 25.1 Å². The number of esters is 1. The average Bonchev–Trinajstić information content (AvgIpc) is 2.51. The van der Waals surface area contributed by atoms with Crippen LogP contribution in [0.3, 0.4) is 0 Å². The van der Waals surface area contributed by atoms with Crippen LogP contribution in [0.1, 0.15) is 5.56 Å². The lowest BCUT2D eigenvalue weighted by Gasteiger charge is -2.15. The number of amides is 2. The average molecular weight is 369 g/mol. The van der Waals surface area contributed by atoms with Crippen molar-refractivity contribution in [3.63, 3.8) is 0 Å². The van der Waals surface area contributed by atoms with Gasteiger partial charge in [-0.05, 0) is 17.7 Å². The molecule has 0 aliphatic heterocycles. The van der Waals surface area contributed by atoms with Crippen molar-refractivity contribution in [3.8, 4) is 0 Å². The number of nitrogens with zero attached hydrogens (tertiary/aromatic N) is 1. The summed E-state index contributed by atoms with van der Waals surface area (Å²) in [5.41, 5.74) is 0.822. The Bertz CT molecular complexity index is 587. The topological polar surface area (TPSA) is 75.7 Å². The van der Waals surface area contributed by atoms with E-state index >= 15 is 0 Å². The fraction of sp³-hybridized carbons (Fsp3) is 0.267. The van der Waals surface area contributed by atoms with Gasteiger partial charge in [-0.1, -0.05) is 34.1 Å². The zero-order valence-corrected chi connectivity index (χ0v) is 13.9. The molecule has 0 heterocycles. The molecule has 7 heteroatoms. The highest BCUT2D eigenvalue weighted by atomic mass is 79.9. The quantitative estimate of drug-likeness (QED) is 0.604. The summed E-state index contributed by atoms with van der Waals surface area (Å²) in [5, 5.41) is 2.40. The van der Waals surface area contributed by atoms with Crippen molar-refractivity contribution >= 4 is 39.8 Å². The maximum absolute atomic E-state index is 11.7. The van der Waals surface area contributed by atoms with E-state index in [-0.39, 0.29) is 12.5 Å². The molecular formula is C15H17BrN2O4. The molecule has 0 radical (unpaired) electrons. The molecule has 1 N–H and O–H groups in total. The van der Waals surface area contributed by atoms with Crippen LogP contribution < -0.4 is 5.32 Å². The zero-order chi connectivity index (χ0) is 16.5. The molecule has 1 rings (SSSR count). The molecule has 0 saturated heterocycles. The molecule has 0 saturated carbocycles. The predicted molar refractivity (Wildman–Crippen MR) is 85.8 cm³/mol. The van der Waals surface area contributed by atoms with E-state index in [0.717, 1.165) is 10.0 Å². The van der Waals surface area contributed by atoms with Gasteiger partial charge in [-0.3, -0.25) is 9.59 Å². The molecular weight excluding hydrogens is 352 g/mol. The van der Waals surface area contributed by atoms with Crippen molar-refractivity contribution in [3.05, 3.63) is 40.4 Å².